The van der Waals surface area contributed by atoms with Crippen LogP contribution in [-0.4, -0.2) is 20.5 Å². The Morgan fingerprint density at radius 2 is 2.19 bits per heavy atom. The predicted molar refractivity (Wildman–Crippen MR) is 101 cm³/mol. The summed E-state index contributed by atoms with van der Waals surface area (Å²) >= 11 is 1.40. The first-order chi connectivity index (χ1) is 13.2. The Kier molecular flexibility index (Phi) is 5.35. The second kappa shape index (κ2) is 7.89. The average Bonchev–Trinajstić information content (AvgIpc) is 3.40. The van der Waals surface area contributed by atoms with Gasteiger partial charge in [0.15, 0.2) is 22.5 Å². The van der Waals surface area contributed by atoms with Crippen LogP contribution in [0.5, 0.6) is 5.75 Å². The van der Waals surface area contributed by atoms with Gasteiger partial charge in [-0.15, -0.1) is 10.2 Å². The lowest BCUT2D eigenvalue weighted by atomic mass is 9.84. The zero-order valence-corrected chi connectivity index (χ0v) is 16.2. The standard InChI is InChI=1S/C20H23FN4OS/c1-13(16-11-14-6-7-15(16)10-14)25-19(23-24-20(25)27-9-8-22)12-26-18-5-3-2-4-17(18)21/h2-5,13-16H,6-7,9-12H2,1H3/t13-,14-,15-,16+/m0/s1. The molecule has 0 saturated heterocycles. The summed E-state index contributed by atoms with van der Waals surface area (Å²) in [7, 11) is 0. The van der Waals surface area contributed by atoms with E-state index in [0.29, 0.717) is 17.5 Å². The fourth-order valence-corrected chi connectivity index (χ4v) is 5.49. The van der Waals surface area contributed by atoms with E-state index in [9.17, 15) is 4.39 Å². The normalized spacial score (nSPS) is 24.7. The molecule has 1 aromatic heterocycles. The third-order valence-electron chi connectivity index (χ3n) is 6.01. The predicted octanol–water partition coefficient (Wildman–Crippen LogP) is 4.61. The number of rotatable bonds is 7. The van der Waals surface area contributed by atoms with Crippen LogP contribution in [0.4, 0.5) is 4.39 Å². The van der Waals surface area contributed by atoms with Gasteiger partial charge in [-0.3, -0.25) is 4.57 Å². The summed E-state index contributed by atoms with van der Waals surface area (Å²) in [4.78, 5) is 0. The molecule has 0 spiro atoms. The van der Waals surface area contributed by atoms with Crippen LogP contribution in [0.15, 0.2) is 29.4 Å². The van der Waals surface area contributed by atoms with Crippen LogP contribution in [0.2, 0.25) is 0 Å². The average molecular weight is 386 g/mol. The molecule has 1 aromatic carbocycles. The van der Waals surface area contributed by atoms with E-state index in [-0.39, 0.29) is 24.2 Å². The van der Waals surface area contributed by atoms with Crippen LogP contribution >= 0.6 is 11.8 Å². The number of aromatic nitrogens is 3. The molecule has 4 atom stereocenters. The van der Waals surface area contributed by atoms with Gasteiger partial charge in [0.05, 0.1) is 11.8 Å². The third kappa shape index (κ3) is 3.68. The first kappa shape index (κ1) is 18.3. The minimum atomic E-state index is -0.385. The summed E-state index contributed by atoms with van der Waals surface area (Å²) in [6.45, 7) is 2.38. The number of hydrogen-bond acceptors (Lipinski definition) is 5. The zero-order valence-electron chi connectivity index (χ0n) is 15.3. The van der Waals surface area contributed by atoms with E-state index in [2.05, 4.69) is 27.8 Å². The molecule has 2 saturated carbocycles. The van der Waals surface area contributed by atoms with Crippen LogP contribution in [0.25, 0.3) is 0 Å². The molecular formula is C20H23FN4OS. The molecule has 27 heavy (non-hydrogen) atoms. The Labute approximate surface area is 162 Å². The summed E-state index contributed by atoms with van der Waals surface area (Å²) in [5.74, 6) is 3.07. The number of para-hydroxylation sites is 1. The number of thioether (sulfide) groups is 1. The van der Waals surface area contributed by atoms with Gasteiger partial charge in [-0.1, -0.05) is 30.3 Å². The topological polar surface area (TPSA) is 63.7 Å². The molecule has 4 rings (SSSR count). The van der Waals surface area contributed by atoms with Crippen molar-refractivity contribution in [2.45, 2.75) is 50.4 Å². The van der Waals surface area contributed by atoms with Crippen molar-refractivity contribution >= 4 is 11.8 Å². The van der Waals surface area contributed by atoms with Crippen LogP contribution in [0.3, 0.4) is 0 Å². The molecule has 2 fully saturated rings. The van der Waals surface area contributed by atoms with Crippen LogP contribution < -0.4 is 4.74 Å². The number of nitriles is 1. The maximum Gasteiger partial charge on any atom is 0.192 e. The summed E-state index contributed by atoms with van der Waals surface area (Å²) in [5, 5.41) is 18.3. The van der Waals surface area contributed by atoms with Crippen molar-refractivity contribution < 1.29 is 9.13 Å². The molecule has 0 unspecified atom stereocenters. The highest BCUT2D eigenvalue weighted by molar-refractivity contribution is 7.99. The molecule has 142 valence electrons. The Bertz CT molecular complexity index is 849. The molecule has 7 heteroatoms. The van der Waals surface area contributed by atoms with E-state index in [1.54, 1.807) is 18.2 Å². The van der Waals surface area contributed by atoms with E-state index in [4.69, 9.17) is 10.00 Å². The minimum Gasteiger partial charge on any atom is -0.483 e. The van der Waals surface area contributed by atoms with Crippen LogP contribution in [0, 0.1) is 34.9 Å². The Morgan fingerprint density at radius 1 is 1.33 bits per heavy atom. The van der Waals surface area contributed by atoms with Gasteiger partial charge < -0.3 is 4.74 Å². The van der Waals surface area contributed by atoms with Crippen LogP contribution in [0.1, 0.15) is 44.5 Å². The number of fused-ring (bicyclic) bond motifs is 2. The quantitative estimate of drug-likeness (QED) is 0.650. The molecule has 2 bridgehead atoms. The van der Waals surface area contributed by atoms with Crippen molar-refractivity contribution in [2.75, 3.05) is 5.75 Å². The fraction of sp³-hybridized carbons (Fsp3) is 0.550. The molecule has 2 aliphatic carbocycles. The van der Waals surface area contributed by atoms with Gasteiger partial charge in [0, 0.05) is 6.04 Å². The number of benzene rings is 1. The van der Waals surface area contributed by atoms with Crippen molar-refractivity contribution in [3.63, 3.8) is 0 Å². The molecular weight excluding hydrogens is 363 g/mol. The summed E-state index contributed by atoms with van der Waals surface area (Å²) in [5.41, 5.74) is 0. The SMILES string of the molecule is C[C@@H]([C@H]1C[C@H]2CC[C@H]1C2)n1c(COc2ccccc2F)nnc1SCC#N. The van der Waals surface area contributed by atoms with E-state index < -0.39 is 0 Å². The van der Waals surface area contributed by atoms with Crippen molar-refractivity contribution in [3.05, 3.63) is 35.9 Å². The minimum absolute atomic E-state index is 0.159. The molecule has 1 heterocycles. The molecule has 2 aromatic rings. The summed E-state index contributed by atoms with van der Waals surface area (Å²) < 4.78 is 21.7. The molecule has 0 amide bonds. The lowest BCUT2D eigenvalue weighted by molar-refractivity contribution is 0.215. The van der Waals surface area contributed by atoms with Gasteiger partial charge in [0.25, 0.3) is 0 Å². The molecule has 2 aliphatic rings. The maximum atomic E-state index is 13.9. The molecule has 0 aliphatic heterocycles. The van der Waals surface area contributed by atoms with Crippen molar-refractivity contribution in [3.8, 4) is 11.8 Å². The highest BCUT2D eigenvalue weighted by Gasteiger charge is 2.43. The van der Waals surface area contributed by atoms with E-state index in [1.165, 1.54) is 43.5 Å². The first-order valence-electron chi connectivity index (χ1n) is 9.48. The van der Waals surface area contributed by atoms with Gasteiger partial charge >= 0.3 is 0 Å². The van der Waals surface area contributed by atoms with Gasteiger partial charge in [-0.05, 0) is 56.1 Å². The maximum absolute atomic E-state index is 13.9. The highest BCUT2D eigenvalue weighted by atomic mass is 32.2. The van der Waals surface area contributed by atoms with Gasteiger partial charge in [0.1, 0.15) is 6.61 Å². The van der Waals surface area contributed by atoms with E-state index in [1.807, 2.05) is 0 Å². The largest absolute Gasteiger partial charge is 0.483 e. The fourth-order valence-electron chi connectivity index (χ4n) is 4.79. The monoisotopic (exact) mass is 386 g/mol. The van der Waals surface area contributed by atoms with Gasteiger partial charge in [0.2, 0.25) is 0 Å². The molecule has 0 N–H and O–H groups in total. The Hall–Kier alpha value is -2.07. The first-order valence-corrected chi connectivity index (χ1v) is 10.5. The number of nitrogens with zero attached hydrogens (tertiary/aromatic N) is 4. The lowest BCUT2D eigenvalue weighted by Gasteiger charge is -2.30. The summed E-state index contributed by atoms with van der Waals surface area (Å²) in [6.07, 6.45) is 5.25. The van der Waals surface area contributed by atoms with E-state index >= 15 is 0 Å². The molecule has 5 nitrogen and oxygen atoms in total. The van der Waals surface area contributed by atoms with Gasteiger partial charge in [-0.2, -0.15) is 5.26 Å². The lowest BCUT2D eigenvalue weighted by Crippen LogP contribution is -2.24. The van der Waals surface area contributed by atoms with E-state index in [0.717, 1.165) is 17.0 Å². The summed E-state index contributed by atoms with van der Waals surface area (Å²) in [6, 6.07) is 8.78. The van der Waals surface area contributed by atoms with Crippen LogP contribution in [-0.2, 0) is 6.61 Å². The number of halogens is 1. The van der Waals surface area contributed by atoms with Crippen molar-refractivity contribution in [1.29, 1.82) is 5.26 Å². The van der Waals surface area contributed by atoms with Gasteiger partial charge in [-0.25, -0.2) is 4.39 Å². The zero-order chi connectivity index (χ0) is 18.8. The Morgan fingerprint density at radius 3 is 2.89 bits per heavy atom. The second-order valence-corrected chi connectivity index (χ2v) is 8.46. The number of hydrogen-bond donors (Lipinski definition) is 0. The number of ether oxygens (including phenoxy) is 1. The van der Waals surface area contributed by atoms with Crippen molar-refractivity contribution in [1.82, 2.24) is 14.8 Å². The second-order valence-electron chi connectivity index (χ2n) is 7.51. The smallest absolute Gasteiger partial charge is 0.192 e. The highest BCUT2D eigenvalue weighted by Crippen LogP contribution is 2.52. The third-order valence-corrected chi connectivity index (χ3v) is 6.82. The van der Waals surface area contributed by atoms with Crippen molar-refractivity contribution in [2.24, 2.45) is 17.8 Å². The molecule has 0 radical (unpaired) electrons. The Balaban J connectivity index is 1.56.